The fourth-order valence-electron chi connectivity index (χ4n) is 4.14. The van der Waals surface area contributed by atoms with Gasteiger partial charge in [0.25, 0.3) is 0 Å². The van der Waals surface area contributed by atoms with Crippen molar-refractivity contribution in [2.45, 2.75) is 32.9 Å². The average molecular weight is 397 g/mol. The molecule has 29 heavy (non-hydrogen) atoms. The molecule has 3 heterocycles. The third-order valence-corrected chi connectivity index (χ3v) is 5.61. The zero-order valence-electron chi connectivity index (χ0n) is 17.2. The number of rotatable bonds is 7. The summed E-state index contributed by atoms with van der Waals surface area (Å²) in [4.78, 5) is 4.85. The van der Waals surface area contributed by atoms with Crippen LogP contribution < -0.4 is 0 Å². The van der Waals surface area contributed by atoms with Crippen LogP contribution in [0.3, 0.4) is 0 Å². The highest BCUT2D eigenvalue weighted by Gasteiger charge is 2.21. The lowest BCUT2D eigenvalue weighted by Crippen LogP contribution is -2.37. The smallest absolute Gasteiger partial charge is 0.125 e. The molecule has 1 aromatic carbocycles. The molecule has 0 bridgehead atoms. The van der Waals surface area contributed by atoms with Gasteiger partial charge in [0.1, 0.15) is 17.3 Å². The summed E-state index contributed by atoms with van der Waals surface area (Å²) in [5, 5.41) is 4.39. The monoisotopic (exact) mass is 396 g/mol. The lowest BCUT2D eigenvalue weighted by molar-refractivity contribution is 0.140. The molecule has 4 rings (SSSR count). The van der Waals surface area contributed by atoms with Crippen LogP contribution in [-0.4, -0.2) is 46.3 Å². The first-order valence-electron chi connectivity index (χ1n) is 10.3. The van der Waals surface area contributed by atoms with Gasteiger partial charge in [-0.15, -0.1) is 0 Å². The Hall–Kier alpha value is -2.44. The molecule has 1 aliphatic rings. The van der Waals surface area contributed by atoms with Gasteiger partial charge in [0, 0.05) is 24.8 Å². The van der Waals surface area contributed by atoms with E-state index in [1.807, 2.05) is 31.5 Å². The number of likely N-dealkylation sites (tertiary alicyclic amines) is 1. The van der Waals surface area contributed by atoms with E-state index in [-0.39, 0.29) is 5.82 Å². The molecule has 1 aliphatic heterocycles. The van der Waals surface area contributed by atoms with Crippen LogP contribution in [0.25, 0.3) is 5.69 Å². The lowest BCUT2D eigenvalue weighted by Gasteiger charge is -2.33. The van der Waals surface area contributed by atoms with E-state index in [0.717, 1.165) is 55.5 Å². The summed E-state index contributed by atoms with van der Waals surface area (Å²) in [7, 11) is 2.16. The average Bonchev–Trinajstić information content (AvgIpc) is 3.32. The molecule has 0 aliphatic carbocycles. The van der Waals surface area contributed by atoms with Crippen molar-refractivity contribution in [3.8, 4) is 5.69 Å². The second-order valence-corrected chi connectivity index (χ2v) is 8.20. The van der Waals surface area contributed by atoms with Gasteiger partial charge >= 0.3 is 0 Å². The molecule has 0 spiro atoms. The number of hydrogen-bond donors (Lipinski definition) is 0. The highest BCUT2D eigenvalue weighted by Crippen LogP contribution is 2.21. The lowest BCUT2D eigenvalue weighted by atomic mass is 9.96. The Labute approximate surface area is 171 Å². The van der Waals surface area contributed by atoms with Gasteiger partial charge in [-0.2, -0.15) is 5.10 Å². The van der Waals surface area contributed by atoms with Crippen LogP contribution in [0.1, 0.15) is 29.9 Å². The van der Waals surface area contributed by atoms with Gasteiger partial charge in [0.05, 0.1) is 18.4 Å². The minimum atomic E-state index is -0.245. The maximum atomic E-state index is 13.4. The summed E-state index contributed by atoms with van der Waals surface area (Å²) >= 11 is 0. The van der Waals surface area contributed by atoms with E-state index in [0.29, 0.717) is 5.92 Å². The molecule has 3 aromatic rings. The highest BCUT2D eigenvalue weighted by atomic mass is 19.1. The van der Waals surface area contributed by atoms with Crippen molar-refractivity contribution in [1.82, 2.24) is 19.6 Å². The van der Waals surface area contributed by atoms with Crippen LogP contribution in [0.15, 0.2) is 53.2 Å². The van der Waals surface area contributed by atoms with Gasteiger partial charge in [-0.1, -0.05) is 6.07 Å². The number of halogens is 1. The molecule has 1 saturated heterocycles. The van der Waals surface area contributed by atoms with Gasteiger partial charge in [-0.3, -0.25) is 4.90 Å². The zero-order chi connectivity index (χ0) is 20.2. The molecule has 154 valence electrons. The third-order valence-electron chi connectivity index (χ3n) is 5.61. The van der Waals surface area contributed by atoms with E-state index < -0.39 is 0 Å². The normalized spacial score (nSPS) is 16.0. The number of aryl methyl sites for hydroxylation is 1. The van der Waals surface area contributed by atoms with Crippen LogP contribution in [0.5, 0.6) is 0 Å². The van der Waals surface area contributed by atoms with Crippen molar-refractivity contribution in [3.05, 3.63) is 71.7 Å². The molecular formula is C23H29FN4O. The third kappa shape index (κ3) is 5.34. The Kier molecular flexibility index (Phi) is 6.11. The standard InChI is InChI=1S/C23H29FN4O/c1-18-6-7-23(29-18)17-27-10-8-19(9-11-27)14-26(2)15-20-13-25-28(16-20)22-5-3-4-21(24)12-22/h3-7,12-13,16,19H,8-11,14-15,17H2,1-2H3. The SMILES string of the molecule is Cc1ccc(CN2CCC(CN(C)Cc3cnn(-c4cccc(F)c4)c3)CC2)o1. The Bertz CT molecular complexity index is 926. The first-order valence-corrected chi connectivity index (χ1v) is 10.3. The fourth-order valence-corrected chi connectivity index (χ4v) is 4.14. The molecule has 0 unspecified atom stereocenters. The molecule has 1 fully saturated rings. The Morgan fingerprint density at radius 1 is 1.21 bits per heavy atom. The fraction of sp³-hybridized carbons (Fsp3) is 0.435. The van der Waals surface area contributed by atoms with E-state index in [1.54, 1.807) is 10.7 Å². The quantitative estimate of drug-likeness (QED) is 0.598. The Balaban J connectivity index is 1.24. The van der Waals surface area contributed by atoms with E-state index in [1.165, 1.54) is 25.0 Å². The van der Waals surface area contributed by atoms with Crippen LogP contribution in [0, 0.1) is 18.7 Å². The molecule has 0 atom stereocenters. The van der Waals surface area contributed by atoms with E-state index >= 15 is 0 Å². The maximum absolute atomic E-state index is 13.4. The Morgan fingerprint density at radius 2 is 2.03 bits per heavy atom. The number of aromatic nitrogens is 2. The molecule has 2 aromatic heterocycles. The van der Waals surface area contributed by atoms with E-state index in [4.69, 9.17) is 4.42 Å². The van der Waals surface area contributed by atoms with Crippen LogP contribution in [0.4, 0.5) is 4.39 Å². The maximum Gasteiger partial charge on any atom is 0.125 e. The van der Waals surface area contributed by atoms with Crippen LogP contribution >= 0.6 is 0 Å². The molecule has 0 radical (unpaired) electrons. The molecule has 5 nitrogen and oxygen atoms in total. The molecule has 0 amide bonds. The van der Waals surface area contributed by atoms with Crippen molar-refractivity contribution in [3.63, 3.8) is 0 Å². The predicted molar refractivity (Wildman–Crippen MR) is 111 cm³/mol. The topological polar surface area (TPSA) is 37.4 Å². The minimum absolute atomic E-state index is 0.245. The van der Waals surface area contributed by atoms with Crippen molar-refractivity contribution in [1.29, 1.82) is 0 Å². The summed E-state index contributed by atoms with van der Waals surface area (Å²) < 4.78 is 20.9. The summed E-state index contributed by atoms with van der Waals surface area (Å²) in [6.07, 6.45) is 6.29. The molecular weight excluding hydrogens is 367 g/mol. The number of benzene rings is 1. The van der Waals surface area contributed by atoms with E-state index in [9.17, 15) is 4.39 Å². The van der Waals surface area contributed by atoms with Crippen molar-refractivity contribution in [2.75, 3.05) is 26.7 Å². The summed E-state index contributed by atoms with van der Waals surface area (Å²) in [5.41, 5.74) is 1.89. The van der Waals surface area contributed by atoms with Gasteiger partial charge in [-0.05, 0) is 76.2 Å². The van der Waals surface area contributed by atoms with Gasteiger partial charge in [-0.25, -0.2) is 9.07 Å². The number of furan rings is 1. The van der Waals surface area contributed by atoms with Crippen molar-refractivity contribution >= 4 is 0 Å². The van der Waals surface area contributed by atoms with Crippen molar-refractivity contribution < 1.29 is 8.81 Å². The number of nitrogens with zero attached hydrogens (tertiary/aromatic N) is 4. The summed E-state index contributed by atoms with van der Waals surface area (Å²) in [5.74, 6) is 2.52. The second kappa shape index (κ2) is 8.93. The summed E-state index contributed by atoms with van der Waals surface area (Å²) in [6, 6.07) is 10.6. The van der Waals surface area contributed by atoms with E-state index in [2.05, 4.69) is 28.0 Å². The van der Waals surface area contributed by atoms with Crippen LogP contribution in [-0.2, 0) is 13.1 Å². The number of piperidine rings is 1. The predicted octanol–water partition coefficient (Wildman–Crippen LogP) is 4.26. The summed E-state index contributed by atoms with van der Waals surface area (Å²) in [6.45, 7) is 7.08. The minimum Gasteiger partial charge on any atom is -0.465 e. The van der Waals surface area contributed by atoms with Gasteiger partial charge < -0.3 is 9.32 Å². The van der Waals surface area contributed by atoms with Crippen LogP contribution in [0.2, 0.25) is 0 Å². The zero-order valence-corrected chi connectivity index (χ0v) is 17.2. The largest absolute Gasteiger partial charge is 0.465 e. The van der Waals surface area contributed by atoms with Gasteiger partial charge in [0.15, 0.2) is 0 Å². The van der Waals surface area contributed by atoms with Gasteiger partial charge in [0.2, 0.25) is 0 Å². The molecule has 0 N–H and O–H groups in total. The Morgan fingerprint density at radius 3 is 2.76 bits per heavy atom. The molecule has 6 heteroatoms. The second-order valence-electron chi connectivity index (χ2n) is 8.20. The molecule has 0 saturated carbocycles. The highest BCUT2D eigenvalue weighted by molar-refractivity contribution is 5.31. The van der Waals surface area contributed by atoms with Crippen molar-refractivity contribution in [2.24, 2.45) is 5.92 Å². The number of hydrogen-bond acceptors (Lipinski definition) is 4. The first kappa shape index (κ1) is 19.9. The first-order chi connectivity index (χ1) is 14.0.